The summed E-state index contributed by atoms with van der Waals surface area (Å²) in [5, 5.41) is 2.96. The molecule has 6 heteroatoms. The summed E-state index contributed by atoms with van der Waals surface area (Å²) < 4.78 is 22.8. The van der Waals surface area contributed by atoms with Crippen LogP contribution in [0.3, 0.4) is 0 Å². The van der Waals surface area contributed by atoms with E-state index < -0.39 is 9.84 Å². The predicted molar refractivity (Wildman–Crippen MR) is 87.8 cm³/mol. The first-order chi connectivity index (χ1) is 10.2. The third kappa shape index (κ3) is 4.73. The maximum Gasteiger partial charge on any atom is 0.317 e. The van der Waals surface area contributed by atoms with Crippen molar-refractivity contribution in [3.63, 3.8) is 0 Å². The van der Waals surface area contributed by atoms with Crippen LogP contribution in [0.4, 0.5) is 4.79 Å². The third-order valence-electron chi connectivity index (χ3n) is 3.82. The third-order valence-corrected chi connectivity index (χ3v) is 5.43. The largest absolute Gasteiger partial charge is 0.335 e. The number of nitrogens with one attached hydrogen (secondary N) is 1. The Morgan fingerprint density at radius 2 is 1.73 bits per heavy atom. The zero-order valence-corrected chi connectivity index (χ0v) is 14.2. The first-order valence-electron chi connectivity index (χ1n) is 7.58. The zero-order valence-electron chi connectivity index (χ0n) is 13.4. The molecule has 0 radical (unpaired) electrons. The number of nitrogens with zero attached hydrogens (tertiary/aromatic N) is 1. The summed E-state index contributed by atoms with van der Waals surface area (Å²) in [5.41, 5.74) is 3.64. The molecule has 0 unspecified atom stereocenters. The first kappa shape index (κ1) is 16.8. The molecule has 1 N–H and O–H groups in total. The molecule has 1 aromatic rings. The van der Waals surface area contributed by atoms with Crippen molar-refractivity contribution in [1.29, 1.82) is 0 Å². The zero-order chi connectivity index (χ0) is 16.3. The number of carbonyl (C=O) groups is 1. The molecular formula is C16H24N2O3S. The summed E-state index contributed by atoms with van der Waals surface area (Å²) in [7, 11) is -2.96. The molecule has 1 fully saturated rings. The quantitative estimate of drug-likeness (QED) is 0.920. The molecule has 22 heavy (non-hydrogen) atoms. The van der Waals surface area contributed by atoms with Gasteiger partial charge in [0, 0.05) is 19.1 Å². The lowest BCUT2D eigenvalue weighted by Gasteiger charge is -2.28. The fraction of sp³-hybridized carbons (Fsp3) is 0.562. The van der Waals surface area contributed by atoms with Crippen LogP contribution in [-0.4, -0.2) is 50.0 Å². The average Bonchev–Trinajstić information content (AvgIpc) is 2.36. The molecule has 0 aromatic heterocycles. The van der Waals surface area contributed by atoms with Crippen molar-refractivity contribution < 1.29 is 13.2 Å². The van der Waals surface area contributed by atoms with E-state index in [0.29, 0.717) is 0 Å². The van der Waals surface area contributed by atoms with Gasteiger partial charge in [0.2, 0.25) is 0 Å². The molecule has 1 aliphatic rings. The van der Waals surface area contributed by atoms with Gasteiger partial charge in [-0.3, -0.25) is 0 Å². The van der Waals surface area contributed by atoms with Crippen LogP contribution in [0.15, 0.2) is 18.2 Å². The average molecular weight is 324 g/mol. The van der Waals surface area contributed by atoms with Gasteiger partial charge >= 0.3 is 6.03 Å². The van der Waals surface area contributed by atoms with Crippen LogP contribution in [0.2, 0.25) is 0 Å². The summed E-state index contributed by atoms with van der Waals surface area (Å²) in [6.07, 6.45) is 0.764. The van der Waals surface area contributed by atoms with Gasteiger partial charge in [-0.2, -0.15) is 0 Å². The number of hydrogen-bond acceptors (Lipinski definition) is 3. The Bertz CT molecular complexity index is 621. The van der Waals surface area contributed by atoms with Crippen LogP contribution in [0.5, 0.6) is 0 Å². The molecule has 1 atom stereocenters. The number of benzene rings is 1. The van der Waals surface area contributed by atoms with E-state index >= 15 is 0 Å². The minimum Gasteiger partial charge on any atom is -0.335 e. The Labute approximate surface area is 132 Å². The van der Waals surface area contributed by atoms with Crippen LogP contribution in [0, 0.1) is 13.8 Å². The van der Waals surface area contributed by atoms with E-state index in [1.165, 1.54) is 16.7 Å². The van der Waals surface area contributed by atoms with Gasteiger partial charge in [-0.25, -0.2) is 13.2 Å². The van der Waals surface area contributed by atoms with E-state index in [9.17, 15) is 13.2 Å². The number of aryl methyl sites for hydroxylation is 2. The van der Waals surface area contributed by atoms with Gasteiger partial charge in [-0.15, -0.1) is 0 Å². The molecule has 0 spiro atoms. The molecule has 1 heterocycles. The lowest BCUT2D eigenvalue weighted by atomic mass is 10.0. The van der Waals surface area contributed by atoms with E-state index in [0.717, 1.165) is 6.42 Å². The fourth-order valence-electron chi connectivity index (χ4n) is 2.81. The fourth-order valence-corrected chi connectivity index (χ4v) is 4.01. The molecule has 1 aliphatic heterocycles. The molecule has 0 saturated carbocycles. The van der Waals surface area contributed by atoms with Crippen molar-refractivity contribution in [2.45, 2.75) is 33.2 Å². The SMILES string of the molecule is Cc1cc(C)cc(C[C@H](C)NC(=O)N2CCS(=O)(=O)CC2)c1. The number of rotatable bonds is 3. The molecule has 1 aromatic carbocycles. The molecule has 0 aliphatic carbocycles. The number of sulfone groups is 1. The van der Waals surface area contributed by atoms with Gasteiger partial charge < -0.3 is 10.2 Å². The van der Waals surface area contributed by atoms with Gasteiger partial charge in [0.1, 0.15) is 0 Å². The number of urea groups is 1. The smallest absolute Gasteiger partial charge is 0.317 e. The summed E-state index contributed by atoms with van der Waals surface area (Å²) >= 11 is 0. The second kappa shape index (κ2) is 6.69. The minimum atomic E-state index is -2.96. The van der Waals surface area contributed by atoms with Crippen molar-refractivity contribution in [2.24, 2.45) is 0 Å². The highest BCUT2D eigenvalue weighted by Gasteiger charge is 2.25. The normalized spacial score (nSPS) is 18.8. The summed E-state index contributed by atoms with van der Waals surface area (Å²) in [5.74, 6) is 0.123. The highest BCUT2D eigenvalue weighted by atomic mass is 32.2. The summed E-state index contributed by atoms with van der Waals surface area (Å²) in [4.78, 5) is 13.7. The standard InChI is InChI=1S/C16H24N2O3S/c1-12-8-13(2)10-15(9-12)11-14(3)17-16(19)18-4-6-22(20,21)7-5-18/h8-10,14H,4-7,11H2,1-3H3,(H,17,19)/t14-/m0/s1. The molecule has 122 valence electrons. The van der Waals surface area contributed by atoms with Gasteiger partial charge in [-0.1, -0.05) is 29.3 Å². The molecule has 2 rings (SSSR count). The molecule has 0 bridgehead atoms. The highest BCUT2D eigenvalue weighted by Crippen LogP contribution is 2.11. The van der Waals surface area contributed by atoms with Gasteiger partial charge in [0.05, 0.1) is 11.5 Å². The molecule has 5 nitrogen and oxygen atoms in total. The van der Waals surface area contributed by atoms with Gasteiger partial charge in [0.25, 0.3) is 0 Å². The maximum absolute atomic E-state index is 12.2. The maximum atomic E-state index is 12.2. The number of carbonyl (C=O) groups excluding carboxylic acids is 1. The lowest BCUT2D eigenvalue weighted by molar-refractivity contribution is 0.199. The van der Waals surface area contributed by atoms with Crippen molar-refractivity contribution in [3.8, 4) is 0 Å². The summed E-state index contributed by atoms with van der Waals surface area (Å²) in [6.45, 7) is 6.66. The number of hydrogen-bond donors (Lipinski definition) is 1. The monoisotopic (exact) mass is 324 g/mol. The lowest BCUT2D eigenvalue weighted by Crippen LogP contribution is -2.50. The predicted octanol–water partition coefficient (Wildman–Crippen LogP) is 1.67. The van der Waals surface area contributed by atoms with Crippen LogP contribution in [0.25, 0.3) is 0 Å². The molecule has 1 saturated heterocycles. The Kier molecular flexibility index (Phi) is 5.11. The van der Waals surface area contributed by atoms with E-state index in [2.05, 4.69) is 37.4 Å². The van der Waals surface area contributed by atoms with Crippen molar-refractivity contribution in [2.75, 3.05) is 24.6 Å². The van der Waals surface area contributed by atoms with Crippen LogP contribution in [-0.2, 0) is 16.3 Å². The van der Waals surface area contributed by atoms with Crippen molar-refractivity contribution in [1.82, 2.24) is 10.2 Å². The summed E-state index contributed by atoms with van der Waals surface area (Å²) in [6, 6.07) is 6.21. The Hall–Kier alpha value is -1.56. The molecule has 2 amide bonds. The van der Waals surface area contributed by atoms with Crippen molar-refractivity contribution in [3.05, 3.63) is 34.9 Å². The second-order valence-corrected chi connectivity index (χ2v) is 8.49. The van der Waals surface area contributed by atoms with Crippen molar-refractivity contribution >= 4 is 15.9 Å². The Morgan fingerprint density at radius 3 is 2.27 bits per heavy atom. The van der Waals surface area contributed by atoms with Gasteiger partial charge in [0.15, 0.2) is 9.84 Å². The second-order valence-electron chi connectivity index (χ2n) is 6.19. The Balaban J connectivity index is 1.89. The van der Waals surface area contributed by atoms with E-state index in [1.54, 1.807) is 4.90 Å². The Morgan fingerprint density at radius 1 is 1.18 bits per heavy atom. The van der Waals surface area contributed by atoms with Gasteiger partial charge in [-0.05, 0) is 32.8 Å². The minimum absolute atomic E-state index is 0.00670. The first-order valence-corrected chi connectivity index (χ1v) is 9.40. The van der Waals surface area contributed by atoms with E-state index in [1.807, 2.05) is 6.92 Å². The van der Waals surface area contributed by atoms with Crippen LogP contribution in [0.1, 0.15) is 23.6 Å². The highest BCUT2D eigenvalue weighted by molar-refractivity contribution is 7.91. The number of amides is 2. The van der Waals surface area contributed by atoms with E-state index in [-0.39, 0.29) is 36.7 Å². The van der Waals surface area contributed by atoms with E-state index in [4.69, 9.17) is 0 Å². The van der Waals surface area contributed by atoms with Crippen LogP contribution < -0.4 is 5.32 Å². The topological polar surface area (TPSA) is 66.5 Å². The molecular weight excluding hydrogens is 300 g/mol. The van der Waals surface area contributed by atoms with Crippen LogP contribution >= 0.6 is 0 Å².